The molecule has 3 heterocycles. The number of aliphatic hydroxyl groups is 1. The molecule has 2 aliphatic rings. The number of anilines is 1. The normalized spacial score (nSPS) is 35.4. The summed E-state index contributed by atoms with van der Waals surface area (Å²) >= 11 is 0. The van der Waals surface area contributed by atoms with Gasteiger partial charge in [0.25, 0.3) is 0 Å². The van der Waals surface area contributed by atoms with Crippen LogP contribution in [0.3, 0.4) is 0 Å². The minimum Gasteiger partial charge on any atom is -0.393 e. The van der Waals surface area contributed by atoms with Crippen LogP contribution < -0.4 is 11.4 Å². The van der Waals surface area contributed by atoms with Crippen molar-refractivity contribution in [1.82, 2.24) is 9.55 Å². The fraction of sp³-hybridized carbons (Fsp3) is 0.600. The van der Waals surface area contributed by atoms with E-state index in [2.05, 4.69) is 4.98 Å². The first-order valence-corrected chi connectivity index (χ1v) is 5.39. The number of nitrogens with two attached hydrogens (primary N) is 1. The molecule has 3 N–H and O–H groups in total. The molecular weight excluding hydrogens is 226 g/mol. The molecule has 3 atom stereocenters. The number of hydrogen-bond donors (Lipinski definition) is 2. The Morgan fingerprint density at radius 1 is 1.71 bits per heavy atom. The Kier molecular flexibility index (Phi) is 2.22. The Bertz CT molecular complexity index is 499. The van der Waals surface area contributed by atoms with Crippen molar-refractivity contribution >= 4 is 5.82 Å². The summed E-state index contributed by atoms with van der Waals surface area (Å²) in [4.78, 5) is 15.3. The maximum Gasteiger partial charge on any atom is 0.351 e. The third kappa shape index (κ3) is 1.47. The smallest absolute Gasteiger partial charge is 0.351 e. The summed E-state index contributed by atoms with van der Waals surface area (Å²) in [5, 5.41) is 9.30. The largest absolute Gasteiger partial charge is 0.393 e. The number of aromatic nitrogens is 2. The van der Waals surface area contributed by atoms with Crippen LogP contribution in [0.25, 0.3) is 0 Å². The highest BCUT2D eigenvalue weighted by Crippen LogP contribution is 2.44. The number of fused-ring (bicyclic) bond motifs is 1. The predicted octanol–water partition coefficient (Wildman–Crippen LogP) is -1.13. The van der Waals surface area contributed by atoms with Crippen LogP contribution in [-0.4, -0.2) is 39.6 Å². The molecule has 0 bridgehead atoms. The monoisotopic (exact) mass is 239 g/mol. The number of aliphatic hydroxyl groups excluding tert-OH is 1. The van der Waals surface area contributed by atoms with Crippen LogP contribution in [0.2, 0.25) is 0 Å². The average Bonchev–Trinajstić information content (AvgIpc) is 2.52. The predicted molar refractivity (Wildman–Crippen MR) is 57.2 cm³/mol. The van der Waals surface area contributed by atoms with Crippen molar-refractivity contribution < 1.29 is 14.6 Å². The lowest BCUT2D eigenvalue weighted by molar-refractivity contribution is -0.242. The van der Waals surface area contributed by atoms with Crippen molar-refractivity contribution in [2.45, 2.75) is 24.4 Å². The first-order valence-electron chi connectivity index (χ1n) is 5.39. The lowest BCUT2D eigenvalue weighted by Crippen LogP contribution is -2.58. The van der Waals surface area contributed by atoms with Crippen molar-refractivity contribution in [3.05, 3.63) is 22.7 Å². The van der Waals surface area contributed by atoms with E-state index in [0.717, 1.165) is 0 Å². The highest BCUT2D eigenvalue weighted by Gasteiger charge is 2.57. The third-order valence-electron chi connectivity index (χ3n) is 3.33. The number of ether oxygens (including phenoxy) is 2. The summed E-state index contributed by atoms with van der Waals surface area (Å²) in [5.74, 6) is 0.181. The zero-order chi connectivity index (χ0) is 12.0. The van der Waals surface area contributed by atoms with E-state index in [1.807, 2.05) is 0 Å². The molecule has 0 amide bonds. The van der Waals surface area contributed by atoms with Gasteiger partial charge in [0.05, 0.1) is 19.3 Å². The summed E-state index contributed by atoms with van der Waals surface area (Å²) < 4.78 is 12.4. The van der Waals surface area contributed by atoms with Crippen LogP contribution in [0.15, 0.2) is 17.1 Å². The summed E-state index contributed by atoms with van der Waals surface area (Å²) in [7, 11) is 0. The van der Waals surface area contributed by atoms with Gasteiger partial charge in [-0.1, -0.05) is 0 Å². The molecule has 92 valence electrons. The molecule has 0 radical (unpaired) electrons. The molecule has 3 unspecified atom stereocenters. The molecule has 7 nitrogen and oxygen atoms in total. The van der Waals surface area contributed by atoms with E-state index in [4.69, 9.17) is 15.2 Å². The van der Waals surface area contributed by atoms with E-state index in [9.17, 15) is 9.90 Å². The molecule has 1 aromatic rings. The van der Waals surface area contributed by atoms with Gasteiger partial charge in [0.1, 0.15) is 17.6 Å². The molecule has 0 aromatic carbocycles. The highest BCUT2D eigenvalue weighted by atomic mass is 16.6. The maximum absolute atomic E-state index is 11.6. The second kappa shape index (κ2) is 3.52. The SMILES string of the molecule is Nc1ccn(C2CC3OCC3(CO)O2)c(=O)n1. The van der Waals surface area contributed by atoms with Crippen molar-refractivity contribution in [3.63, 3.8) is 0 Å². The summed E-state index contributed by atoms with van der Waals surface area (Å²) in [6, 6.07) is 1.54. The number of hydrogen-bond acceptors (Lipinski definition) is 6. The first-order chi connectivity index (χ1) is 8.14. The minimum absolute atomic E-state index is 0.106. The van der Waals surface area contributed by atoms with E-state index in [1.165, 1.54) is 10.6 Å². The Morgan fingerprint density at radius 2 is 2.53 bits per heavy atom. The van der Waals surface area contributed by atoms with Crippen LogP contribution in [0.4, 0.5) is 5.82 Å². The quantitative estimate of drug-likeness (QED) is 0.677. The van der Waals surface area contributed by atoms with Crippen molar-refractivity contribution in [3.8, 4) is 0 Å². The van der Waals surface area contributed by atoms with Crippen molar-refractivity contribution in [1.29, 1.82) is 0 Å². The third-order valence-corrected chi connectivity index (χ3v) is 3.33. The number of nitrogens with zero attached hydrogens (tertiary/aromatic N) is 2. The maximum atomic E-state index is 11.6. The molecule has 3 rings (SSSR count). The fourth-order valence-corrected chi connectivity index (χ4v) is 2.28. The van der Waals surface area contributed by atoms with Crippen molar-refractivity contribution in [2.75, 3.05) is 18.9 Å². The summed E-state index contributed by atoms with van der Waals surface area (Å²) in [6.45, 7) is 0.257. The second-order valence-electron chi connectivity index (χ2n) is 4.37. The average molecular weight is 239 g/mol. The molecule has 0 saturated carbocycles. The van der Waals surface area contributed by atoms with Gasteiger partial charge in [-0.15, -0.1) is 0 Å². The topological polar surface area (TPSA) is 99.6 Å². The van der Waals surface area contributed by atoms with Gasteiger partial charge in [-0.3, -0.25) is 4.57 Å². The molecule has 2 saturated heterocycles. The van der Waals surface area contributed by atoms with Crippen LogP contribution in [0.1, 0.15) is 12.6 Å². The van der Waals surface area contributed by atoms with E-state index in [-0.39, 0.29) is 18.5 Å². The molecule has 2 aliphatic heterocycles. The van der Waals surface area contributed by atoms with Gasteiger partial charge in [-0.25, -0.2) is 4.79 Å². The van der Waals surface area contributed by atoms with Gasteiger partial charge in [0.15, 0.2) is 0 Å². The zero-order valence-corrected chi connectivity index (χ0v) is 9.07. The molecule has 1 aromatic heterocycles. The van der Waals surface area contributed by atoms with Gasteiger partial charge in [0, 0.05) is 12.6 Å². The molecule has 7 heteroatoms. The number of rotatable bonds is 2. The fourth-order valence-electron chi connectivity index (χ4n) is 2.28. The standard InChI is InChI=1S/C10H13N3O4/c11-7-1-2-13(9(15)12-7)8-3-6-10(4-14,17-8)5-16-6/h1-2,6,8,14H,3-5H2,(H2,11,12,15). The lowest BCUT2D eigenvalue weighted by Gasteiger charge is -2.41. The van der Waals surface area contributed by atoms with E-state index in [0.29, 0.717) is 13.0 Å². The second-order valence-corrected chi connectivity index (χ2v) is 4.37. The molecule has 2 fully saturated rings. The zero-order valence-electron chi connectivity index (χ0n) is 9.07. The molecule has 0 spiro atoms. The van der Waals surface area contributed by atoms with Crippen molar-refractivity contribution in [2.24, 2.45) is 0 Å². The van der Waals surface area contributed by atoms with Gasteiger partial charge in [-0.05, 0) is 6.07 Å². The number of nitrogen functional groups attached to an aromatic ring is 1. The lowest BCUT2D eigenvalue weighted by atomic mass is 9.93. The Labute approximate surface area is 96.8 Å². The van der Waals surface area contributed by atoms with E-state index < -0.39 is 17.5 Å². The van der Waals surface area contributed by atoms with Gasteiger partial charge in [-0.2, -0.15) is 4.98 Å². The molecular formula is C10H13N3O4. The van der Waals surface area contributed by atoms with Gasteiger partial charge in [0.2, 0.25) is 0 Å². The molecule has 17 heavy (non-hydrogen) atoms. The summed E-state index contributed by atoms with van der Waals surface area (Å²) in [6.07, 6.45) is 1.48. The van der Waals surface area contributed by atoms with Crippen LogP contribution in [-0.2, 0) is 9.47 Å². The first kappa shape index (κ1) is 10.7. The van der Waals surface area contributed by atoms with Gasteiger partial charge < -0.3 is 20.3 Å². The van der Waals surface area contributed by atoms with Crippen LogP contribution in [0, 0.1) is 0 Å². The summed E-state index contributed by atoms with van der Waals surface area (Å²) in [5.41, 5.74) is 4.31. The Hall–Kier alpha value is -1.44. The van der Waals surface area contributed by atoms with Gasteiger partial charge >= 0.3 is 5.69 Å². The minimum atomic E-state index is -0.647. The van der Waals surface area contributed by atoms with Crippen LogP contribution >= 0.6 is 0 Å². The molecule has 0 aliphatic carbocycles. The Morgan fingerprint density at radius 3 is 3.06 bits per heavy atom. The Balaban J connectivity index is 1.89. The van der Waals surface area contributed by atoms with E-state index >= 15 is 0 Å². The van der Waals surface area contributed by atoms with E-state index in [1.54, 1.807) is 6.20 Å². The van der Waals surface area contributed by atoms with Crippen LogP contribution in [0.5, 0.6) is 0 Å². The highest BCUT2D eigenvalue weighted by molar-refractivity contribution is 5.23.